The Morgan fingerprint density at radius 1 is 1.41 bits per heavy atom. The van der Waals surface area contributed by atoms with Gasteiger partial charge < -0.3 is 14.5 Å². The summed E-state index contributed by atoms with van der Waals surface area (Å²) >= 11 is 0. The summed E-state index contributed by atoms with van der Waals surface area (Å²) in [6.45, 7) is 2.20. The van der Waals surface area contributed by atoms with Crippen molar-refractivity contribution in [3.63, 3.8) is 0 Å². The molecule has 2 aromatic heterocycles. The van der Waals surface area contributed by atoms with Crippen LogP contribution in [-0.4, -0.2) is 24.0 Å². The molecular formula is C13H16N2O2. The van der Waals surface area contributed by atoms with Crippen molar-refractivity contribution in [3.8, 4) is 5.75 Å². The fraction of sp³-hybridized carbons (Fsp3) is 0.308. The third kappa shape index (κ3) is 2.58. The van der Waals surface area contributed by atoms with Gasteiger partial charge in [0.25, 0.3) is 0 Å². The number of carbonyl (C=O) groups excluding carboxylic acids is 1. The van der Waals surface area contributed by atoms with Gasteiger partial charge in [-0.15, -0.1) is 0 Å². The molecule has 0 aliphatic heterocycles. The summed E-state index contributed by atoms with van der Waals surface area (Å²) in [5.41, 5.74) is 2.37. The molecule has 1 N–H and O–H groups in total. The minimum Gasteiger partial charge on any atom is -0.495 e. The highest BCUT2D eigenvalue weighted by atomic mass is 16.5. The normalized spacial score (nSPS) is 10.5. The number of ether oxygens (including phenoxy) is 1. The first kappa shape index (κ1) is 11.5. The van der Waals surface area contributed by atoms with E-state index >= 15 is 0 Å². The average Bonchev–Trinajstić information content (AvgIpc) is 2.71. The fourth-order valence-electron chi connectivity index (χ4n) is 1.85. The predicted molar refractivity (Wildman–Crippen MR) is 66.3 cm³/mol. The molecule has 1 amide bonds. The van der Waals surface area contributed by atoms with E-state index in [1.54, 1.807) is 7.11 Å². The van der Waals surface area contributed by atoms with Crippen molar-refractivity contribution in [2.24, 2.45) is 0 Å². The molecule has 0 unspecified atom stereocenters. The van der Waals surface area contributed by atoms with Crippen LogP contribution in [0.1, 0.15) is 12.5 Å². The summed E-state index contributed by atoms with van der Waals surface area (Å²) < 4.78 is 7.20. The SMILES string of the molecule is COc1ccc2c(CCNC(C)=O)ccn2c1. The van der Waals surface area contributed by atoms with E-state index in [2.05, 4.69) is 11.4 Å². The molecule has 0 atom stereocenters. The molecule has 0 bridgehead atoms. The number of methoxy groups -OCH3 is 1. The van der Waals surface area contributed by atoms with Crippen LogP contribution in [0.5, 0.6) is 5.75 Å². The lowest BCUT2D eigenvalue weighted by Crippen LogP contribution is -2.22. The Bertz CT molecular complexity index is 531. The lowest BCUT2D eigenvalue weighted by molar-refractivity contribution is -0.118. The number of nitrogens with zero attached hydrogens (tertiary/aromatic N) is 1. The predicted octanol–water partition coefficient (Wildman–Crippen LogP) is 1.63. The van der Waals surface area contributed by atoms with Crippen LogP contribution in [0, 0.1) is 0 Å². The Kier molecular flexibility index (Phi) is 3.32. The second-order valence-corrected chi connectivity index (χ2v) is 3.94. The van der Waals surface area contributed by atoms with Crippen LogP contribution >= 0.6 is 0 Å². The van der Waals surface area contributed by atoms with Crippen molar-refractivity contribution in [1.29, 1.82) is 0 Å². The monoisotopic (exact) mass is 232 g/mol. The van der Waals surface area contributed by atoms with E-state index in [9.17, 15) is 4.79 Å². The van der Waals surface area contributed by atoms with Crippen molar-refractivity contribution in [3.05, 3.63) is 36.2 Å². The number of fused-ring (bicyclic) bond motifs is 1. The maximum atomic E-state index is 10.8. The number of nitrogens with one attached hydrogen (secondary N) is 1. The van der Waals surface area contributed by atoms with Gasteiger partial charge in [-0.2, -0.15) is 0 Å². The van der Waals surface area contributed by atoms with Gasteiger partial charge in [0.05, 0.1) is 13.3 Å². The van der Waals surface area contributed by atoms with Crippen LogP contribution < -0.4 is 10.1 Å². The summed E-state index contributed by atoms with van der Waals surface area (Å²) in [6, 6.07) is 6.04. The number of carbonyl (C=O) groups is 1. The van der Waals surface area contributed by atoms with Crippen LogP contribution in [0.25, 0.3) is 5.52 Å². The van der Waals surface area contributed by atoms with E-state index < -0.39 is 0 Å². The van der Waals surface area contributed by atoms with Gasteiger partial charge in [0.1, 0.15) is 5.75 Å². The summed E-state index contributed by atoms with van der Waals surface area (Å²) in [5, 5.41) is 2.80. The van der Waals surface area contributed by atoms with Gasteiger partial charge in [-0.1, -0.05) is 0 Å². The van der Waals surface area contributed by atoms with E-state index in [0.717, 1.165) is 17.7 Å². The maximum Gasteiger partial charge on any atom is 0.216 e. The Morgan fingerprint density at radius 2 is 2.24 bits per heavy atom. The van der Waals surface area contributed by atoms with E-state index in [4.69, 9.17) is 4.74 Å². The zero-order valence-electron chi connectivity index (χ0n) is 10.1. The minimum atomic E-state index is 0.00943. The Balaban J connectivity index is 2.16. The standard InChI is InChI=1S/C13H16N2O2/c1-10(16)14-7-5-11-6-8-15-9-12(17-2)3-4-13(11)15/h3-4,6,8-9H,5,7H2,1-2H3,(H,14,16). The molecule has 0 radical (unpaired) electrons. The van der Waals surface area contributed by atoms with Crippen molar-refractivity contribution in [1.82, 2.24) is 9.72 Å². The average molecular weight is 232 g/mol. The van der Waals surface area contributed by atoms with Crippen LogP contribution in [0.3, 0.4) is 0 Å². The maximum absolute atomic E-state index is 10.8. The zero-order chi connectivity index (χ0) is 12.3. The van der Waals surface area contributed by atoms with Gasteiger partial charge in [0.2, 0.25) is 5.91 Å². The minimum absolute atomic E-state index is 0.00943. The first-order valence-electron chi connectivity index (χ1n) is 5.58. The molecule has 4 nitrogen and oxygen atoms in total. The van der Waals surface area contributed by atoms with Crippen LogP contribution in [0.15, 0.2) is 30.6 Å². The molecule has 0 fully saturated rings. The van der Waals surface area contributed by atoms with E-state index in [1.807, 2.05) is 28.9 Å². The molecule has 2 aromatic rings. The quantitative estimate of drug-likeness (QED) is 0.870. The second-order valence-electron chi connectivity index (χ2n) is 3.94. The molecule has 2 heterocycles. The lowest BCUT2D eigenvalue weighted by atomic mass is 10.2. The molecule has 0 aromatic carbocycles. The van der Waals surface area contributed by atoms with Crippen LogP contribution in [-0.2, 0) is 11.2 Å². The zero-order valence-corrected chi connectivity index (χ0v) is 10.1. The van der Waals surface area contributed by atoms with Crippen LogP contribution in [0.2, 0.25) is 0 Å². The molecule has 0 saturated carbocycles. The van der Waals surface area contributed by atoms with Gasteiger partial charge in [-0.3, -0.25) is 4.79 Å². The van der Waals surface area contributed by atoms with Gasteiger partial charge in [0, 0.05) is 25.2 Å². The van der Waals surface area contributed by atoms with E-state index in [-0.39, 0.29) is 5.91 Å². The number of pyridine rings is 1. The molecule has 90 valence electrons. The Hall–Kier alpha value is -1.97. The number of hydrogen-bond donors (Lipinski definition) is 1. The molecule has 2 rings (SSSR count). The fourth-order valence-corrected chi connectivity index (χ4v) is 1.85. The highest BCUT2D eigenvalue weighted by molar-refractivity contribution is 5.72. The van der Waals surface area contributed by atoms with E-state index in [1.165, 1.54) is 12.5 Å². The highest BCUT2D eigenvalue weighted by Crippen LogP contribution is 2.17. The molecule has 17 heavy (non-hydrogen) atoms. The molecular weight excluding hydrogens is 216 g/mol. The van der Waals surface area contributed by atoms with Crippen molar-refractivity contribution >= 4 is 11.4 Å². The molecule has 0 saturated heterocycles. The van der Waals surface area contributed by atoms with Crippen molar-refractivity contribution < 1.29 is 9.53 Å². The number of hydrogen-bond acceptors (Lipinski definition) is 2. The van der Waals surface area contributed by atoms with Gasteiger partial charge >= 0.3 is 0 Å². The lowest BCUT2D eigenvalue weighted by Gasteiger charge is -2.04. The largest absolute Gasteiger partial charge is 0.495 e. The second kappa shape index (κ2) is 4.91. The summed E-state index contributed by atoms with van der Waals surface area (Å²) in [5.74, 6) is 0.844. The third-order valence-corrected chi connectivity index (χ3v) is 2.72. The Morgan fingerprint density at radius 3 is 2.94 bits per heavy atom. The number of aromatic nitrogens is 1. The smallest absolute Gasteiger partial charge is 0.216 e. The van der Waals surface area contributed by atoms with Crippen molar-refractivity contribution in [2.45, 2.75) is 13.3 Å². The topological polar surface area (TPSA) is 42.7 Å². The van der Waals surface area contributed by atoms with Gasteiger partial charge in [-0.05, 0) is 30.2 Å². The van der Waals surface area contributed by atoms with Gasteiger partial charge in [-0.25, -0.2) is 0 Å². The van der Waals surface area contributed by atoms with Crippen LogP contribution in [0.4, 0.5) is 0 Å². The molecule has 4 heteroatoms. The third-order valence-electron chi connectivity index (χ3n) is 2.72. The summed E-state index contributed by atoms with van der Waals surface area (Å²) in [4.78, 5) is 10.8. The first-order chi connectivity index (χ1) is 8.20. The van der Waals surface area contributed by atoms with Gasteiger partial charge in [0.15, 0.2) is 0 Å². The van der Waals surface area contributed by atoms with Crippen molar-refractivity contribution in [2.75, 3.05) is 13.7 Å². The molecule has 0 spiro atoms. The van der Waals surface area contributed by atoms with E-state index in [0.29, 0.717) is 6.54 Å². The molecule has 0 aliphatic rings. The summed E-state index contributed by atoms with van der Waals surface area (Å²) in [7, 11) is 1.66. The highest BCUT2D eigenvalue weighted by Gasteiger charge is 2.03. The molecule has 0 aliphatic carbocycles. The Labute approximate surface area is 100 Å². The number of amides is 1. The summed E-state index contributed by atoms with van der Waals surface area (Å²) in [6.07, 6.45) is 4.78. The number of rotatable bonds is 4. The first-order valence-corrected chi connectivity index (χ1v) is 5.58.